The van der Waals surface area contributed by atoms with Crippen molar-refractivity contribution in [1.82, 2.24) is 14.7 Å². The molecule has 3 rings (SSSR count). The summed E-state index contributed by atoms with van der Waals surface area (Å²) in [6.07, 6.45) is 4.70. The number of carbonyl (C=O) groups is 1. The number of aromatic nitrogens is 3. The molecule has 0 unspecified atom stereocenters. The van der Waals surface area contributed by atoms with Crippen LogP contribution in [0.15, 0.2) is 50.2 Å². The van der Waals surface area contributed by atoms with Crippen molar-refractivity contribution in [1.29, 1.82) is 0 Å². The van der Waals surface area contributed by atoms with E-state index in [1.807, 2.05) is 30.3 Å². The minimum absolute atomic E-state index is 0.0331. The van der Waals surface area contributed by atoms with E-state index in [1.54, 1.807) is 12.4 Å². The average molecular weight is 444 g/mol. The molecule has 0 atom stereocenters. The van der Waals surface area contributed by atoms with Crippen LogP contribution in [0.2, 0.25) is 0 Å². The van der Waals surface area contributed by atoms with Crippen LogP contribution < -0.4 is 11.1 Å². The van der Waals surface area contributed by atoms with Crippen molar-refractivity contribution >= 4 is 28.1 Å². The van der Waals surface area contributed by atoms with E-state index in [0.29, 0.717) is 23.0 Å². The lowest BCUT2D eigenvalue weighted by Crippen LogP contribution is -2.12. The number of nitrogens with zero attached hydrogens (tertiary/aromatic N) is 4. The number of hydrogen-bond donors (Lipinski definition) is 1. The van der Waals surface area contributed by atoms with Crippen molar-refractivity contribution in [3.05, 3.63) is 63.3 Å². The molecule has 0 aliphatic rings. The van der Waals surface area contributed by atoms with Crippen LogP contribution in [0.3, 0.4) is 0 Å². The Labute approximate surface area is 183 Å². The lowest BCUT2D eigenvalue weighted by molar-refractivity contribution is -0.116. The normalized spacial score (nSPS) is 11.5. The zero-order chi connectivity index (χ0) is 22.1. The van der Waals surface area contributed by atoms with Crippen LogP contribution in [-0.4, -0.2) is 26.3 Å². The topological polar surface area (TPSA) is 112 Å². The Bertz CT molecular complexity index is 1070. The molecule has 1 aromatic carbocycles. The molecule has 0 aliphatic heterocycles. The number of aryl methyl sites for hydroxylation is 1. The molecule has 31 heavy (non-hydrogen) atoms. The number of oxime groups is 1. The molecular weight excluding hydrogens is 418 g/mol. The maximum atomic E-state index is 12.0. The number of rotatable bonds is 11. The van der Waals surface area contributed by atoms with Gasteiger partial charge in [0, 0.05) is 24.4 Å². The Morgan fingerprint density at radius 1 is 1.23 bits per heavy atom. The van der Waals surface area contributed by atoms with E-state index in [4.69, 9.17) is 9.36 Å². The summed E-state index contributed by atoms with van der Waals surface area (Å²) in [5.41, 5.74) is 1.72. The summed E-state index contributed by atoms with van der Waals surface area (Å²) in [4.78, 5) is 37.2. The number of thiazole rings is 1. The Morgan fingerprint density at radius 3 is 2.74 bits per heavy atom. The van der Waals surface area contributed by atoms with E-state index < -0.39 is 5.76 Å². The molecule has 9 nitrogen and oxygen atoms in total. The molecule has 0 bridgehead atoms. The largest absolute Gasteiger partial charge is 0.460 e. The second kappa shape index (κ2) is 11.2. The van der Waals surface area contributed by atoms with Gasteiger partial charge >= 0.3 is 5.76 Å². The third-order valence-corrected chi connectivity index (χ3v) is 5.20. The van der Waals surface area contributed by atoms with E-state index in [0.717, 1.165) is 31.2 Å². The summed E-state index contributed by atoms with van der Waals surface area (Å²) in [5, 5.41) is 9.33. The van der Waals surface area contributed by atoms with Gasteiger partial charge in [-0.2, -0.15) is 9.72 Å². The number of anilines is 1. The summed E-state index contributed by atoms with van der Waals surface area (Å²) in [5.74, 6) is -0.490. The van der Waals surface area contributed by atoms with Crippen molar-refractivity contribution in [2.45, 2.75) is 45.6 Å². The number of amides is 1. The van der Waals surface area contributed by atoms with Crippen molar-refractivity contribution in [3.63, 3.8) is 0 Å². The van der Waals surface area contributed by atoms with E-state index in [9.17, 15) is 9.59 Å². The highest BCUT2D eigenvalue weighted by atomic mass is 32.1. The second-order valence-electron chi connectivity index (χ2n) is 6.87. The van der Waals surface area contributed by atoms with Gasteiger partial charge < -0.3 is 14.7 Å². The van der Waals surface area contributed by atoms with Crippen LogP contribution in [0.5, 0.6) is 0 Å². The third kappa shape index (κ3) is 6.61. The van der Waals surface area contributed by atoms with Crippen LogP contribution in [0.1, 0.15) is 56.1 Å². The maximum absolute atomic E-state index is 12.0. The van der Waals surface area contributed by atoms with Gasteiger partial charge in [0.1, 0.15) is 0 Å². The Morgan fingerprint density at radius 2 is 2.03 bits per heavy atom. The average Bonchev–Trinajstić information content (AvgIpc) is 3.34. The lowest BCUT2D eigenvalue weighted by atomic mass is 10.1. The fourth-order valence-electron chi connectivity index (χ4n) is 2.85. The van der Waals surface area contributed by atoms with Gasteiger partial charge in [-0.15, -0.1) is 11.3 Å². The first-order valence-electron chi connectivity index (χ1n) is 10.1. The fraction of sp³-hybridized carbons (Fsp3) is 0.381. The molecule has 0 fully saturated rings. The summed E-state index contributed by atoms with van der Waals surface area (Å²) in [7, 11) is 1.57. The van der Waals surface area contributed by atoms with Gasteiger partial charge in [-0.25, -0.2) is 9.78 Å². The zero-order valence-corrected chi connectivity index (χ0v) is 18.4. The summed E-state index contributed by atoms with van der Waals surface area (Å²) < 4.78 is 6.17. The van der Waals surface area contributed by atoms with Gasteiger partial charge in [0.25, 0.3) is 0 Å². The number of carbonyl (C=O) groups excluding carboxylic acids is 1. The van der Waals surface area contributed by atoms with Crippen LogP contribution in [0.4, 0.5) is 5.13 Å². The first-order valence-corrected chi connectivity index (χ1v) is 11.0. The zero-order valence-electron chi connectivity index (χ0n) is 17.5. The number of hydrogen-bond acceptors (Lipinski definition) is 8. The van der Waals surface area contributed by atoms with Crippen LogP contribution in [-0.2, 0) is 23.3 Å². The van der Waals surface area contributed by atoms with E-state index >= 15 is 0 Å². The van der Waals surface area contributed by atoms with Crippen molar-refractivity contribution < 1.29 is 14.2 Å². The molecule has 0 spiro atoms. The van der Waals surface area contributed by atoms with Crippen molar-refractivity contribution in [3.8, 4) is 0 Å². The predicted octanol–water partition coefficient (Wildman–Crippen LogP) is 3.71. The van der Waals surface area contributed by atoms with Crippen LogP contribution >= 0.6 is 11.3 Å². The lowest BCUT2D eigenvalue weighted by Gasteiger charge is -2.05. The molecule has 0 saturated heterocycles. The maximum Gasteiger partial charge on any atom is 0.460 e. The molecule has 0 aliphatic carbocycles. The standard InChI is InChI=1S/C21H25N5O4S/c1-3-4-5-9-12-17(27)23-20-22-16(14-31-20)13-29-25-18(15-10-7-6-8-11-15)19-24-21(28)30-26(19)2/h6-8,10-11,14H,3-5,9,12-13H2,1-2H3,(H,22,23,27)/b25-18-. The van der Waals surface area contributed by atoms with Crippen molar-refractivity contribution in [2.75, 3.05) is 5.32 Å². The first kappa shape index (κ1) is 22.4. The summed E-state index contributed by atoms with van der Waals surface area (Å²) in [6, 6.07) is 9.23. The summed E-state index contributed by atoms with van der Waals surface area (Å²) in [6.45, 7) is 2.24. The molecule has 2 aromatic heterocycles. The molecule has 2 heterocycles. The van der Waals surface area contributed by atoms with Gasteiger partial charge in [-0.3, -0.25) is 4.79 Å². The van der Waals surface area contributed by atoms with Gasteiger partial charge in [-0.05, 0) is 6.42 Å². The Balaban J connectivity index is 1.62. The van der Waals surface area contributed by atoms with Gasteiger partial charge in [0.15, 0.2) is 23.3 Å². The number of benzene rings is 1. The van der Waals surface area contributed by atoms with E-state index in [-0.39, 0.29) is 18.3 Å². The highest BCUT2D eigenvalue weighted by Gasteiger charge is 2.16. The molecule has 0 saturated carbocycles. The van der Waals surface area contributed by atoms with E-state index in [1.165, 1.54) is 16.1 Å². The smallest absolute Gasteiger partial charge is 0.389 e. The fourth-order valence-corrected chi connectivity index (χ4v) is 3.56. The van der Waals surface area contributed by atoms with Gasteiger partial charge in [0.2, 0.25) is 5.91 Å². The van der Waals surface area contributed by atoms with E-state index in [2.05, 4.69) is 27.4 Å². The van der Waals surface area contributed by atoms with Crippen LogP contribution in [0.25, 0.3) is 0 Å². The molecule has 3 aromatic rings. The number of nitrogens with one attached hydrogen (secondary N) is 1. The van der Waals surface area contributed by atoms with Gasteiger partial charge in [0.05, 0.1) is 5.69 Å². The quantitative estimate of drug-likeness (QED) is 0.275. The monoisotopic (exact) mass is 443 g/mol. The SMILES string of the molecule is CCCCCCC(=O)Nc1nc(CO/N=C(/c2ccccc2)c2nc(=O)on2C)cs1. The highest BCUT2D eigenvalue weighted by Crippen LogP contribution is 2.17. The molecule has 10 heteroatoms. The van der Waals surface area contributed by atoms with Crippen LogP contribution in [0, 0.1) is 0 Å². The molecular formula is C21H25N5O4S. The van der Waals surface area contributed by atoms with Gasteiger partial charge in [-0.1, -0.05) is 61.7 Å². The molecule has 1 amide bonds. The minimum Gasteiger partial charge on any atom is -0.389 e. The molecule has 164 valence electrons. The molecule has 0 radical (unpaired) electrons. The number of unbranched alkanes of at least 4 members (excludes halogenated alkanes) is 3. The second-order valence-corrected chi connectivity index (χ2v) is 7.73. The predicted molar refractivity (Wildman–Crippen MR) is 118 cm³/mol. The van der Waals surface area contributed by atoms with Crippen molar-refractivity contribution in [2.24, 2.45) is 12.2 Å². The third-order valence-electron chi connectivity index (χ3n) is 4.39. The highest BCUT2D eigenvalue weighted by molar-refractivity contribution is 7.13. The Hall–Kier alpha value is -3.27. The summed E-state index contributed by atoms with van der Waals surface area (Å²) >= 11 is 1.33. The minimum atomic E-state index is -0.712. The molecule has 1 N–H and O–H groups in total. The first-order chi connectivity index (χ1) is 15.1. The Kier molecular flexibility index (Phi) is 8.11.